The Hall–Kier alpha value is -3.48. The van der Waals surface area contributed by atoms with Crippen LogP contribution in [0.3, 0.4) is 0 Å². The maximum Gasteiger partial charge on any atom is 0.255 e. The Balaban J connectivity index is 1.63. The number of hydrogen-bond acceptors (Lipinski definition) is 4. The molecule has 2 N–H and O–H groups in total. The predicted octanol–water partition coefficient (Wildman–Crippen LogP) is 3.11. The van der Waals surface area contributed by atoms with Crippen LogP contribution in [-0.2, 0) is 4.79 Å². The summed E-state index contributed by atoms with van der Waals surface area (Å²) in [6.07, 6.45) is 3.04. The SMILES string of the molecule is CC(C)C(=O)Nc1ccc(NC(=O)c2ccc(-n3cncn3)cc2)cc1. The summed E-state index contributed by atoms with van der Waals surface area (Å²) in [5, 5.41) is 9.68. The molecule has 0 unspecified atom stereocenters. The Bertz CT molecular complexity index is 885. The van der Waals surface area contributed by atoms with Crippen LogP contribution in [0, 0.1) is 5.92 Å². The van der Waals surface area contributed by atoms with Crippen molar-refractivity contribution < 1.29 is 9.59 Å². The van der Waals surface area contributed by atoms with Gasteiger partial charge in [-0.2, -0.15) is 5.10 Å². The Morgan fingerprint density at radius 2 is 1.54 bits per heavy atom. The standard InChI is InChI=1S/C19H19N5O2/c1-13(2)18(25)22-15-5-7-16(8-6-15)23-19(26)14-3-9-17(10-4-14)24-12-20-11-21-24/h3-13H,1-2H3,(H,22,25)(H,23,26). The summed E-state index contributed by atoms with van der Waals surface area (Å²) in [5.41, 5.74) is 2.70. The summed E-state index contributed by atoms with van der Waals surface area (Å²) in [7, 11) is 0. The van der Waals surface area contributed by atoms with Crippen molar-refractivity contribution in [2.24, 2.45) is 5.92 Å². The van der Waals surface area contributed by atoms with Gasteiger partial charge in [0.2, 0.25) is 5.91 Å². The predicted molar refractivity (Wildman–Crippen MR) is 99.2 cm³/mol. The first-order chi connectivity index (χ1) is 12.5. The molecule has 7 heteroatoms. The first-order valence-electron chi connectivity index (χ1n) is 8.20. The number of nitrogens with zero attached hydrogens (tertiary/aromatic N) is 3. The molecule has 3 rings (SSSR count). The van der Waals surface area contributed by atoms with E-state index in [-0.39, 0.29) is 17.7 Å². The van der Waals surface area contributed by atoms with E-state index in [9.17, 15) is 9.59 Å². The first-order valence-corrected chi connectivity index (χ1v) is 8.20. The van der Waals surface area contributed by atoms with Crippen molar-refractivity contribution in [3.8, 4) is 5.69 Å². The molecule has 0 bridgehead atoms. The third-order valence-corrected chi connectivity index (χ3v) is 3.75. The zero-order valence-electron chi connectivity index (χ0n) is 14.5. The van der Waals surface area contributed by atoms with E-state index < -0.39 is 0 Å². The average Bonchev–Trinajstić information content (AvgIpc) is 3.18. The van der Waals surface area contributed by atoms with Gasteiger partial charge in [-0.05, 0) is 48.5 Å². The number of rotatable bonds is 5. The molecule has 0 atom stereocenters. The molecule has 0 fully saturated rings. The highest BCUT2D eigenvalue weighted by molar-refractivity contribution is 6.04. The summed E-state index contributed by atoms with van der Waals surface area (Å²) in [6, 6.07) is 14.1. The fourth-order valence-corrected chi connectivity index (χ4v) is 2.23. The lowest BCUT2D eigenvalue weighted by atomic mass is 10.2. The molecule has 0 aliphatic rings. The van der Waals surface area contributed by atoms with Crippen LogP contribution in [0.4, 0.5) is 11.4 Å². The number of aromatic nitrogens is 3. The van der Waals surface area contributed by atoms with E-state index in [0.29, 0.717) is 16.9 Å². The third-order valence-electron chi connectivity index (χ3n) is 3.75. The summed E-state index contributed by atoms with van der Waals surface area (Å²) in [4.78, 5) is 27.9. The lowest BCUT2D eigenvalue weighted by Gasteiger charge is -2.09. The van der Waals surface area contributed by atoms with Gasteiger partial charge in [-0.3, -0.25) is 9.59 Å². The summed E-state index contributed by atoms with van der Waals surface area (Å²) >= 11 is 0. The molecule has 0 saturated carbocycles. The minimum absolute atomic E-state index is 0.0470. The van der Waals surface area contributed by atoms with Gasteiger partial charge in [0.1, 0.15) is 12.7 Å². The maximum atomic E-state index is 12.3. The quantitative estimate of drug-likeness (QED) is 0.741. The van der Waals surface area contributed by atoms with Gasteiger partial charge in [0, 0.05) is 22.9 Å². The smallest absolute Gasteiger partial charge is 0.255 e. The normalized spacial score (nSPS) is 10.6. The number of nitrogens with one attached hydrogen (secondary N) is 2. The lowest BCUT2D eigenvalue weighted by molar-refractivity contribution is -0.118. The zero-order chi connectivity index (χ0) is 18.5. The fraction of sp³-hybridized carbons (Fsp3) is 0.158. The van der Waals surface area contributed by atoms with Gasteiger partial charge in [0.25, 0.3) is 5.91 Å². The number of amides is 2. The average molecular weight is 349 g/mol. The van der Waals surface area contributed by atoms with E-state index in [1.165, 1.54) is 6.33 Å². The second kappa shape index (κ2) is 7.60. The molecule has 132 valence electrons. The van der Waals surface area contributed by atoms with Crippen LogP contribution in [0.15, 0.2) is 61.2 Å². The molecule has 2 amide bonds. The van der Waals surface area contributed by atoms with Crippen molar-refractivity contribution in [3.63, 3.8) is 0 Å². The molecule has 0 spiro atoms. The van der Waals surface area contributed by atoms with Gasteiger partial charge >= 0.3 is 0 Å². The third kappa shape index (κ3) is 4.13. The number of carbonyl (C=O) groups excluding carboxylic acids is 2. The van der Waals surface area contributed by atoms with Crippen molar-refractivity contribution >= 4 is 23.2 Å². The Morgan fingerprint density at radius 1 is 0.923 bits per heavy atom. The molecule has 2 aromatic carbocycles. The van der Waals surface area contributed by atoms with E-state index >= 15 is 0 Å². The Labute approximate surface area is 151 Å². The van der Waals surface area contributed by atoms with Crippen molar-refractivity contribution in [3.05, 3.63) is 66.7 Å². The van der Waals surface area contributed by atoms with Crippen LogP contribution in [0.5, 0.6) is 0 Å². The van der Waals surface area contributed by atoms with E-state index in [1.54, 1.807) is 59.5 Å². The van der Waals surface area contributed by atoms with Crippen LogP contribution in [-0.4, -0.2) is 26.6 Å². The second-order valence-corrected chi connectivity index (χ2v) is 6.06. The minimum Gasteiger partial charge on any atom is -0.326 e. The van der Waals surface area contributed by atoms with Crippen LogP contribution >= 0.6 is 0 Å². The highest BCUT2D eigenvalue weighted by Gasteiger charge is 2.09. The van der Waals surface area contributed by atoms with Gasteiger partial charge in [-0.1, -0.05) is 13.8 Å². The van der Waals surface area contributed by atoms with Crippen LogP contribution in [0.1, 0.15) is 24.2 Å². The summed E-state index contributed by atoms with van der Waals surface area (Å²) in [6.45, 7) is 3.66. The van der Waals surface area contributed by atoms with E-state index in [4.69, 9.17) is 0 Å². The highest BCUT2D eigenvalue weighted by atomic mass is 16.2. The first kappa shape index (κ1) is 17.3. The van der Waals surface area contributed by atoms with Gasteiger partial charge in [-0.25, -0.2) is 9.67 Å². The minimum atomic E-state index is -0.214. The molecule has 0 saturated heterocycles. The Morgan fingerprint density at radius 3 is 2.08 bits per heavy atom. The fourth-order valence-electron chi connectivity index (χ4n) is 2.23. The van der Waals surface area contributed by atoms with Crippen molar-refractivity contribution in [1.29, 1.82) is 0 Å². The molecule has 0 aliphatic carbocycles. The number of benzene rings is 2. The summed E-state index contributed by atoms with van der Waals surface area (Å²) < 4.78 is 1.62. The zero-order valence-corrected chi connectivity index (χ0v) is 14.5. The summed E-state index contributed by atoms with van der Waals surface area (Å²) in [5.74, 6) is -0.349. The second-order valence-electron chi connectivity index (χ2n) is 6.06. The van der Waals surface area contributed by atoms with Gasteiger partial charge in [0.05, 0.1) is 5.69 Å². The van der Waals surface area contributed by atoms with Crippen molar-refractivity contribution in [1.82, 2.24) is 14.8 Å². The van der Waals surface area contributed by atoms with E-state index in [2.05, 4.69) is 20.7 Å². The van der Waals surface area contributed by atoms with Gasteiger partial charge in [0.15, 0.2) is 0 Å². The molecule has 7 nitrogen and oxygen atoms in total. The topological polar surface area (TPSA) is 88.9 Å². The molecule has 0 aliphatic heterocycles. The highest BCUT2D eigenvalue weighted by Crippen LogP contribution is 2.16. The molecule has 1 heterocycles. The lowest BCUT2D eigenvalue weighted by Crippen LogP contribution is -2.17. The number of carbonyl (C=O) groups is 2. The molecular weight excluding hydrogens is 330 g/mol. The van der Waals surface area contributed by atoms with Crippen LogP contribution in [0.25, 0.3) is 5.69 Å². The van der Waals surface area contributed by atoms with Crippen LogP contribution in [0.2, 0.25) is 0 Å². The Kier molecular flexibility index (Phi) is 5.07. The monoisotopic (exact) mass is 349 g/mol. The van der Waals surface area contributed by atoms with Crippen molar-refractivity contribution in [2.45, 2.75) is 13.8 Å². The molecule has 0 radical (unpaired) electrons. The molecule has 3 aromatic rings. The van der Waals surface area contributed by atoms with E-state index in [0.717, 1.165) is 5.69 Å². The largest absolute Gasteiger partial charge is 0.326 e. The number of anilines is 2. The van der Waals surface area contributed by atoms with Gasteiger partial charge < -0.3 is 10.6 Å². The van der Waals surface area contributed by atoms with E-state index in [1.807, 2.05) is 13.8 Å². The maximum absolute atomic E-state index is 12.3. The molecular formula is C19H19N5O2. The van der Waals surface area contributed by atoms with Gasteiger partial charge in [-0.15, -0.1) is 0 Å². The number of hydrogen-bond donors (Lipinski definition) is 2. The van der Waals surface area contributed by atoms with Crippen LogP contribution < -0.4 is 10.6 Å². The molecule has 26 heavy (non-hydrogen) atoms. The molecule has 1 aromatic heterocycles. The van der Waals surface area contributed by atoms with Crippen molar-refractivity contribution in [2.75, 3.05) is 10.6 Å².